The highest BCUT2D eigenvalue weighted by Crippen LogP contribution is 2.20. The predicted molar refractivity (Wildman–Crippen MR) is 67.1 cm³/mol. The molecule has 2 heteroatoms. The van der Waals surface area contributed by atoms with Crippen LogP contribution in [0.15, 0.2) is 0 Å². The van der Waals surface area contributed by atoms with Gasteiger partial charge in [0.15, 0.2) is 0 Å². The number of hydrogen-bond acceptors (Lipinski definition) is 2. The Morgan fingerprint density at radius 2 is 1.93 bits per heavy atom. The first-order valence-electron chi connectivity index (χ1n) is 6.36. The Balaban J connectivity index is 3.37. The predicted octanol–water partition coefficient (Wildman–Crippen LogP) is 2.95. The fraction of sp³-hybridized carbons (Fsp3) is 1.00. The lowest BCUT2D eigenvalue weighted by Crippen LogP contribution is -2.28. The molecule has 1 unspecified atom stereocenters. The van der Waals surface area contributed by atoms with Gasteiger partial charge in [0, 0.05) is 12.6 Å². The fourth-order valence-corrected chi connectivity index (χ4v) is 1.61. The molecular weight excluding hydrogens is 186 g/mol. The molecule has 0 saturated heterocycles. The summed E-state index contributed by atoms with van der Waals surface area (Å²) in [5.41, 5.74) is 0.0916. The fourth-order valence-electron chi connectivity index (χ4n) is 1.61. The van der Waals surface area contributed by atoms with Crippen LogP contribution in [0.4, 0.5) is 0 Å². The van der Waals surface area contributed by atoms with E-state index in [-0.39, 0.29) is 5.41 Å². The lowest BCUT2D eigenvalue weighted by Gasteiger charge is -2.22. The molecule has 0 aromatic rings. The molecule has 92 valence electrons. The molecule has 0 heterocycles. The van der Waals surface area contributed by atoms with Crippen LogP contribution in [-0.4, -0.2) is 24.3 Å². The average molecular weight is 215 g/mol. The Morgan fingerprint density at radius 1 is 1.27 bits per heavy atom. The topological polar surface area (TPSA) is 32.3 Å². The van der Waals surface area contributed by atoms with Gasteiger partial charge in [-0.2, -0.15) is 0 Å². The molecule has 0 aliphatic heterocycles. The Labute approximate surface area is 95.5 Å². The number of aliphatic hydroxyl groups is 1. The summed E-state index contributed by atoms with van der Waals surface area (Å²) in [4.78, 5) is 0. The summed E-state index contributed by atoms with van der Waals surface area (Å²) in [6.45, 7) is 10.1. The molecule has 2 N–H and O–H groups in total. The summed E-state index contributed by atoms with van der Waals surface area (Å²) in [7, 11) is 0. The van der Waals surface area contributed by atoms with Crippen molar-refractivity contribution in [3.8, 4) is 0 Å². The van der Waals surface area contributed by atoms with Crippen molar-refractivity contribution in [1.29, 1.82) is 0 Å². The van der Waals surface area contributed by atoms with Gasteiger partial charge in [-0.05, 0) is 38.1 Å². The molecule has 0 aromatic heterocycles. The van der Waals surface area contributed by atoms with Crippen molar-refractivity contribution in [1.82, 2.24) is 5.32 Å². The van der Waals surface area contributed by atoms with Crippen LogP contribution in [-0.2, 0) is 0 Å². The van der Waals surface area contributed by atoms with E-state index in [1.54, 1.807) is 0 Å². The van der Waals surface area contributed by atoms with Crippen molar-refractivity contribution in [2.24, 2.45) is 5.41 Å². The second-order valence-electron chi connectivity index (χ2n) is 5.42. The first kappa shape index (κ1) is 14.9. The summed E-state index contributed by atoms with van der Waals surface area (Å²) in [5.74, 6) is 0. The van der Waals surface area contributed by atoms with E-state index in [4.69, 9.17) is 5.11 Å². The lowest BCUT2D eigenvalue weighted by atomic mass is 9.89. The van der Waals surface area contributed by atoms with Crippen LogP contribution in [0.1, 0.15) is 59.8 Å². The average Bonchev–Trinajstić information content (AvgIpc) is 2.21. The monoisotopic (exact) mass is 215 g/mol. The van der Waals surface area contributed by atoms with E-state index in [1.165, 1.54) is 19.3 Å². The SMILES string of the molecule is CCCCC(C)NCCCC(C)(C)CO. The number of aliphatic hydroxyl groups excluding tert-OH is 1. The number of hydrogen-bond donors (Lipinski definition) is 2. The van der Waals surface area contributed by atoms with Crippen LogP contribution in [0.25, 0.3) is 0 Å². The van der Waals surface area contributed by atoms with Gasteiger partial charge in [0.2, 0.25) is 0 Å². The minimum atomic E-state index is 0.0916. The summed E-state index contributed by atoms with van der Waals surface area (Å²) in [6, 6.07) is 0.641. The largest absolute Gasteiger partial charge is 0.396 e. The van der Waals surface area contributed by atoms with Gasteiger partial charge in [-0.15, -0.1) is 0 Å². The quantitative estimate of drug-likeness (QED) is 0.580. The second-order valence-corrected chi connectivity index (χ2v) is 5.42. The van der Waals surface area contributed by atoms with Gasteiger partial charge in [0.25, 0.3) is 0 Å². The van der Waals surface area contributed by atoms with Crippen LogP contribution in [0.3, 0.4) is 0 Å². The van der Waals surface area contributed by atoms with Crippen LogP contribution in [0.5, 0.6) is 0 Å². The van der Waals surface area contributed by atoms with Gasteiger partial charge in [-0.25, -0.2) is 0 Å². The molecule has 0 saturated carbocycles. The van der Waals surface area contributed by atoms with Crippen molar-refractivity contribution < 1.29 is 5.11 Å². The van der Waals surface area contributed by atoms with Crippen molar-refractivity contribution >= 4 is 0 Å². The third-order valence-electron chi connectivity index (χ3n) is 2.94. The standard InChI is InChI=1S/C13H29NO/c1-5-6-8-12(2)14-10-7-9-13(3,4)11-15/h12,14-15H,5-11H2,1-4H3. The van der Waals surface area contributed by atoms with E-state index < -0.39 is 0 Å². The maximum absolute atomic E-state index is 9.10. The van der Waals surface area contributed by atoms with Gasteiger partial charge < -0.3 is 10.4 Å². The molecule has 0 spiro atoms. The van der Waals surface area contributed by atoms with Crippen molar-refractivity contribution in [2.75, 3.05) is 13.2 Å². The molecule has 0 aromatic carbocycles. The summed E-state index contributed by atoms with van der Waals surface area (Å²) < 4.78 is 0. The Bertz CT molecular complexity index is 145. The molecule has 0 rings (SSSR count). The first-order valence-corrected chi connectivity index (χ1v) is 6.36. The van der Waals surface area contributed by atoms with E-state index in [2.05, 4.69) is 33.0 Å². The smallest absolute Gasteiger partial charge is 0.0482 e. The normalized spacial score (nSPS) is 14.2. The van der Waals surface area contributed by atoms with Gasteiger partial charge in [-0.3, -0.25) is 0 Å². The zero-order valence-electron chi connectivity index (χ0n) is 11.0. The molecule has 0 fully saturated rings. The van der Waals surface area contributed by atoms with Crippen LogP contribution in [0.2, 0.25) is 0 Å². The first-order chi connectivity index (χ1) is 7.02. The maximum atomic E-state index is 9.10. The zero-order valence-corrected chi connectivity index (χ0v) is 11.0. The third-order valence-corrected chi connectivity index (χ3v) is 2.94. The minimum Gasteiger partial charge on any atom is -0.396 e. The molecule has 0 amide bonds. The molecule has 0 bridgehead atoms. The molecule has 0 aliphatic rings. The van der Waals surface area contributed by atoms with E-state index in [0.29, 0.717) is 12.6 Å². The van der Waals surface area contributed by atoms with E-state index in [1.807, 2.05) is 0 Å². The summed E-state index contributed by atoms with van der Waals surface area (Å²) in [6.07, 6.45) is 6.13. The molecule has 2 nitrogen and oxygen atoms in total. The minimum absolute atomic E-state index is 0.0916. The lowest BCUT2D eigenvalue weighted by molar-refractivity contribution is 0.147. The molecule has 0 radical (unpaired) electrons. The van der Waals surface area contributed by atoms with Gasteiger partial charge in [0.05, 0.1) is 0 Å². The summed E-state index contributed by atoms with van der Waals surface area (Å²) in [5, 5.41) is 12.6. The highest BCUT2D eigenvalue weighted by Gasteiger charge is 2.15. The molecule has 0 aliphatic carbocycles. The third kappa shape index (κ3) is 8.88. The van der Waals surface area contributed by atoms with Gasteiger partial charge in [0.1, 0.15) is 0 Å². The Hall–Kier alpha value is -0.0800. The van der Waals surface area contributed by atoms with Crippen LogP contribution >= 0.6 is 0 Å². The zero-order chi connectivity index (χ0) is 11.7. The van der Waals surface area contributed by atoms with E-state index in [0.717, 1.165) is 19.4 Å². The second kappa shape index (κ2) is 8.12. The number of unbranched alkanes of at least 4 members (excludes halogenated alkanes) is 1. The molecule has 15 heavy (non-hydrogen) atoms. The Morgan fingerprint density at radius 3 is 2.47 bits per heavy atom. The Kier molecular flexibility index (Phi) is 8.07. The van der Waals surface area contributed by atoms with E-state index in [9.17, 15) is 0 Å². The van der Waals surface area contributed by atoms with Crippen LogP contribution in [0, 0.1) is 5.41 Å². The highest BCUT2D eigenvalue weighted by atomic mass is 16.3. The van der Waals surface area contributed by atoms with Gasteiger partial charge >= 0.3 is 0 Å². The van der Waals surface area contributed by atoms with Crippen molar-refractivity contribution in [3.63, 3.8) is 0 Å². The van der Waals surface area contributed by atoms with Crippen molar-refractivity contribution in [3.05, 3.63) is 0 Å². The highest BCUT2D eigenvalue weighted by molar-refractivity contribution is 4.68. The van der Waals surface area contributed by atoms with Crippen molar-refractivity contribution in [2.45, 2.75) is 65.8 Å². The number of nitrogens with one attached hydrogen (secondary N) is 1. The maximum Gasteiger partial charge on any atom is 0.0482 e. The van der Waals surface area contributed by atoms with E-state index >= 15 is 0 Å². The molecule has 1 atom stereocenters. The van der Waals surface area contributed by atoms with Gasteiger partial charge in [-0.1, -0.05) is 33.6 Å². The summed E-state index contributed by atoms with van der Waals surface area (Å²) >= 11 is 0. The van der Waals surface area contributed by atoms with Crippen LogP contribution < -0.4 is 5.32 Å². The number of rotatable bonds is 9. The molecular formula is C13H29NO.